The summed E-state index contributed by atoms with van der Waals surface area (Å²) >= 11 is 0. The van der Waals surface area contributed by atoms with Gasteiger partial charge in [-0.05, 0) is 53.9 Å². The molecule has 1 atom stereocenters. The van der Waals surface area contributed by atoms with Gasteiger partial charge in [0.1, 0.15) is 5.82 Å². The number of likely N-dealkylation sites (tertiary alicyclic amines) is 1. The fraction of sp³-hybridized carbons (Fsp3) is 0.200. The topological polar surface area (TPSA) is 111 Å². The quantitative estimate of drug-likeness (QED) is 0.366. The van der Waals surface area contributed by atoms with Crippen LogP contribution in [0.5, 0.6) is 0 Å². The minimum absolute atomic E-state index is 0.0448. The normalized spacial score (nSPS) is 15.1. The van der Waals surface area contributed by atoms with Gasteiger partial charge in [-0.15, -0.1) is 0 Å². The smallest absolute Gasteiger partial charge is 0.255 e. The van der Waals surface area contributed by atoms with Gasteiger partial charge in [0, 0.05) is 79.4 Å². The van der Waals surface area contributed by atoms with Crippen LogP contribution in [0.4, 0.5) is 5.82 Å². The highest BCUT2D eigenvalue weighted by molar-refractivity contribution is 6.00. The zero-order chi connectivity index (χ0) is 27.1. The summed E-state index contributed by atoms with van der Waals surface area (Å²) in [6.45, 7) is 1.01. The Kier molecular flexibility index (Phi) is 6.11. The molecule has 1 aliphatic rings. The third-order valence-corrected chi connectivity index (χ3v) is 7.36. The molecule has 1 aliphatic heterocycles. The Hall–Kier alpha value is -4.92. The minimum atomic E-state index is -0.301. The Bertz CT molecular complexity index is 1700. The van der Waals surface area contributed by atoms with Gasteiger partial charge in [0.05, 0.1) is 11.8 Å². The van der Waals surface area contributed by atoms with Crippen molar-refractivity contribution in [2.75, 3.05) is 18.8 Å². The molecule has 1 fully saturated rings. The summed E-state index contributed by atoms with van der Waals surface area (Å²) in [4.78, 5) is 32.2. The van der Waals surface area contributed by atoms with Crippen LogP contribution in [0.25, 0.3) is 33.2 Å². The van der Waals surface area contributed by atoms with Gasteiger partial charge in [-0.1, -0.05) is 18.2 Å². The van der Waals surface area contributed by atoms with Crippen molar-refractivity contribution in [3.8, 4) is 22.3 Å². The zero-order valence-electron chi connectivity index (χ0n) is 21.8. The molecule has 0 radical (unpaired) electrons. The number of nitrogen functional groups attached to an aromatic ring is 1. The van der Waals surface area contributed by atoms with E-state index < -0.39 is 0 Å². The van der Waals surface area contributed by atoms with Gasteiger partial charge >= 0.3 is 0 Å². The lowest BCUT2D eigenvalue weighted by Crippen LogP contribution is -2.38. The summed E-state index contributed by atoms with van der Waals surface area (Å²) in [6.07, 6.45) is 7.91. The number of nitrogens with two attached hydrogens (primary N) is 1. The molecule has 39 heavy (non-hydrogen) atoms. The van der Waals surface area contributed by atoms with E-state index in [0.29, 0.717) is 30.6 Å². The molecule has 6 rings (SSSR count). The van der Waals surface area contributed by atoms with Crippen LogP contribution >= 0.6 is 0 Å². The highest BCUT2D eigenvalue weighted by atomic mass is 16.2. The van der Waals surface area contributed by atoms with Crippen LogP contribution in [0.2, 0.25) is 0 Å². The molecule has 4 heterocycles. The lowest BCUT2D eigenvalue weighted by atomic mass is 10.0. The van der Waals surface area contributed by atoms with Crippen molar-refractivity contribution in [2.45, 2.75) is 12.5 Å². The van der Waals surface area contributed by atoms with Crippen LogP contribution < -0.4 is 11.1 Å². The van der Waals surface area contributed by atoms with E-state index in [-0.39, 0.29) is 23.7 Å². The molecule has 3 aromatic heterocycles. The third-order valence-electron chi connectivity index (χ3n) is 7.36. The lowest BCUT2D eigenvalue weighted by Gasteiger charge is -2.18. The number of anilines is 1. The summed E-state index contributed by atoms with van der Waals surface area (Å²) in [5.41, 5.74) is 11.9. The van der Waals surface area contributed by atoms with Crippen molar-refractivity contribution in [1.29, 1.82) is 0 Å². The third kappa shape index (κ3) is 4.74. The predicted molar refractivity (Wildman–Crippen MR) is 151 cm³/mol. The maximum atomic E-state index is 13.2. The average Bonchev–Trinajstić information content (AvgIpc) is 3.69. The monoisotopic (exact) mass is 519 g/mol. The van der Waals surface area contributed by atoms with E-state index >= 15 is 0 Å². The van der Waals surface area contributed by atoms with E-state index in [2.05, 4.69) is 44.2 Å². The van der Waals surface area contributed by atoms with E-state index in [1.165, 1.54) is 10.9 Å². The van der Waals surface area contributed by atoms with Gasteiger partial charge in [-0.25, -0.2) is 4.98 Å². The largest absolute Gasteiger partial charge is 0.383 e. The molecule has 0 bridgehead atoms. The molecule has 0 spiro atoms. The molecule has 5 aromatic rings. The second-order valence-corrected chi connectivity index (χ2v) is 10.0. The number of hydrogen-bond donors (Lipinski definition) is 2. The summed E-state index contributed by atoms with van der Waals surface area (Å²) in [5, 5.41) is 8.38. The van der Waals surface area contributed by atoms with Crippen molar-refractivity contribution in [1.82, 2.24) is 29.5 Å². The molecule has 9 nitrogen and oxygen atoms in total. The van der Waals surface area contributed by atoms with Crippen molar-refractivity contribution in [2.24, 2.45) is 14.1 Å². The number of hydrogen-bond acceptors (Lipinski definition) is 5. The molecule has 0 unspecified atom stereocenters. The molecular formula is C30H29N7O2. The van der Waals surface area contributed by atoms with Crippen LogP contribution in [0.1, 0.15) is 27.1 Å². The van der Waals surface area contributed by atoms with Crippen LogP contribution in [-0.4, -0.2) is 55.2 Å². The molecule has 9 heteroatoms. The molecule has 3 N–H and O–H groups in total. The van der Waals surface area contributed by atoms with E-state index in [1.54, 1.807) is 28.0 Å². The second kappa shape index (κ2) is 9.75. The molecule has 196 valence electrons. The first-order valence-corrected chi connectivity index (χ1v) is 12.9. The Morgan fingerprint density at radius 3 is 2.51 bits per heavy atom. The summed E-state index contributed by atoms with van der Waals surface area (Å²) in [6, 6.07) is 17.7. The van der Waals surface area contributed by atoms with Gasteiger partial charge < -0.3 is 20.5 Å². The van der Waals surface area contributed by atoms with Gasteiger partial charge in [-0.3, -0.25) is 14.3 Å². The number of nitrogens with zero attached hydrogens (tertiary/aromatic N) is 5. The maximum Gasteiger partial charge on any atom is 0.255 e. The molecule has 0 saturated carbocycles. The zero-order valence-corrected chi connectivity index (χ0v) is 21.8. The maximum absolute atomic E-state index is 13.2. The van der Waals surface area contributed by atoms with Crippen molar-refractivity contribution in [3.05, 3.63) is 90.5 Å². The molecule has 2 aromatic carbocycles. The van der Waals surface area contributed by atoms with Crippen molar-refractivity contribution in [3.63, 3.8) is 0 Å². The number of benzene rings is 2. The highest BCUT2D eigenvalue weighted by Gasteiger charge is 2.29. The first kappa shape index (κ1) is 24.4. The number of pyridine rings is 1. The van der Waals surface area contributed by atoms with Gasteiger partial charge in [0.15, 0.2) is 0 Å². The van der Waals surface area contributed by atoms with Crippen LogP contribution in [0, 0.1) is 0 Å². The summed E-state index contributed by atoms with van der Waals surface area (Å²) in [7, 11) is 3.86. The Labute approximate surface area is 225 Å². The lowest BCUT2D eigenvalue weighted by molar-refractivity contribution is 0.0783. The van der Waals surface area contributed by atoms with Crippen molar-refractivity contribution >= 4 is 28.5 Å². The number of amides is 2. The van der Waals surface area contributed by atoms with Crippen LogP contribution in [0.3, 0.4) is 0 Å². The van der Waals surface area contributed by atoms with Gasteiger partial charge in [-0.2, -0.15) is 5.10 Å². The van der Waals surface area contributed by atoms with E-state index in [4.69, 9.17) is 5.73 Å². The van der Waals surface area contributed by atoms with Crippen LogP contribution in [-0.2, 0) is 14.1 Å². The highest BCUT2D eigenvalue weighted by Crippen LogP contribution is 2.26. The summed E-state index contributed by atoms with van der Waals surface area (Å²) in [5.74, 6) is -0.182. The van der Waals surface area contributed by atoms with Crippen molar-refractivity contribution < 1.29 is 9.59 Å². The first-order valence-electron chi connectivity index (χ1n) is 12.9. The van der Waals surface area contributed by atoms with Crippen LogP contribution in [0.15, 0.2) is 79.4 Å². The van der Waals surface area contributed by atoms with Gasteiger partial charge in [0.25, 0.3) is 11.8 Å². The number of nitrogens with one attached hydrogen (secondary N) is 1. The standard InChI is InChI=1S/C30H29N7O2/c1-35-11-9-22-13-21(7-8-27(22)35)19-3-5-20(6-4-19)30(39)37-12-10-25(18-37)34-29(38)26-14-23(15-32-28(26)31)24-16-33-36(2)17-24/h3-9,11,13-17,25H,10,12,18H2,1-2H3,(H2,31,32)(H,34,38)/t25-/m1/s1. The predicted octanol–water partition coefficient (Wildman–Crippen LogP) is 3.87. The van der Waals surface area contributed by atoms with E-state index in [0.717, 1.165) is 22.3 Å². The summed E-state index contributed by atoms with van der Waals surface area (Å²) < 4.78 is 3.78. The Balaban J connectivity index is 1.10. The fourth-order valence-corrected chi connectivity index (χ4v) is 5.16. The number of aromatic nitrogens is 4. The number of fused-ring (bicyclic) bond motifs is 1. The van der Waals surface area contributed by atoms with E-state index in [1.807, 2.05) is 50.8 Å². The number of aryl methyl sites for hydroxylation is 2. The number of carbonyl (C=O) groups is 2. The average molecular weight is 520 g/mol. The molecular weight excluding hydrogens is 490 g/mol. The molecule has 0 aliphatic carbocycles. The fourth-order valence-electron chi connectivity index (χ4n) is 5.16. The molecule has 1 saturated heterocycles. The Morgan fingerprint density at radius 2 is 1.74 bits per heavy atom. The van der Waals surface area contributed by atoms with Gasteiger partial charge in [0.2, 0.25) is 0 Å². The second-order valence-electron chi connectivity index (χ2n) is 10.0. The minimum Gasteiger partial charge on any atom is -0.383 e. The van der Waals surface area contributed by atoms with E-state index in [9.17, 15) is 9.59 Å². The molecule has 2 amide bonds. The number of carbonyl (C=O) groups excluding carboxylic acids is 2. The number of rotatable bonds is 5. The Morgan fingerprint density at radius 1 is 0.949 bits per heavy atom. The first-order chi connectivity index (χ1) is 18.9. The SMILES string of the molecule is Cn1cc(-c2cnc(N)c(C(=O)N[C@@H]3CCN(C(=O)c4ccc(-c5ccc6c(ccn6C)c5)cc4)C3)c2)cn1.